The molecule has 5 atom stereocenters. The van der Waals surface area contributed by atoms with E-state index in [0.29, 0.717) is 13.2 Å². The maximum absolute atomic E-state index is 10.3. The zero-order valence-electron chi connectivity index (χ0n) is 15.5. The highest BCUT2D eigenvalue weighted by atomic mass is 16.7. The smallest absolute Gasteiger partial charge is 0.184 e. The Balaban J connectivity index is 2.97. The molecule has 0 aromatic heterocycles. The fourth-order valence-electron chi connectivity index (χ4n) is 2.63. The SMILES string of the molecule is CCOC1C(O)OC(COC(C)C)C(OC(C)C)C1OC(C)C. The number of hydrogen-bond acceptors (Lipinski definition) is 6. The van der Waals surface area contributed by atoms with Crippen LogP contribution in [0.3, 0.4) is 0 Å². The summed E-state index contributed by atoms with van der Waals surface area (Å²) in [7, 11) is 0. The molecule has 1 N–H and O–H groups in total. The van der Waals surface area contributed by atoms with Gasteiger partial charge in [0.1, 0.15) is 24.4 Å². The van der Waals surface area contributed by atoms with Gasteiger partial charge in [-0.2, -0.15) is 0 Å². The van der Waals surface area contributed by atoms with Gasteiger partial charge in [0, 0.05) is 6.61 Å². The monoisotopic (exact) mass is 334 g/mol. The standard InChI is InChI=1S/C17H34O6/c1-8-19-16-15(22-12(6)7)14(21-11(4)5)13(23-17(16)18)9-20-10(2)3/h10-18H,8-9H2,1-7H3. The predicted octanol–water partition coefficient (Wildman–Crippen LogP) is 2.12. The van der Waals surface area contributed by atoms with E-state index in [-0.39, 0.29) is 24.4 Å². The van der Waals surface area contributed by atoms with Crippen molar-refractivity contribution in [3.63, 3.8) is 0 Å². The van der Waals surface area contributed by atoms with Crippen LogP contribution in [0, 0.1) is 0 Å². The van der Waals surface area contributed by atoms with E-state index in [9.17, 15) is 5.11 Å². The third-order valence-electron chi connectivity index (χ3n) is 3.42. The van der Waals surface area contributed by atoms with Crippen molar-refractivity contribution in [2.45, 2.75) is 97.5 Å². The van der Waals surface area contributed by atoms with Gasteiger partial charge in [-0.3, -0.25) is 0 Å². The summed E-state index contributed by atoms with van der Waals surface area (Å²) < 4.78 is 29.2. The van der Waals surface area contributed by atoms with Gasteiger partial charge in [-0.25, -0.2) is 0 Å². The zero-order valence-corrected chi connectivity index (χ0v) is 15.5. The van der Waals surface area contributed by atoms with Gasteiger partial charge in [0.15, 0.2) is 6.29 Å². The molecule has 0 spiro atoms. The van der Waals surface area contributed by atoms with Gasteiger partial charge in [-0.15, -0.1) is 0 Å². The van der Waals surface area contributed by atoms with Gasteiger partial charge in [-0.1, -0.05) is 0 Å². The first-order valence-corrected chi connectivity index (χ1v) is 8.63. The molecule has 5 unspecified atom stereocenters. The highest BCUT2D eigenvalue weighted by Crippen LogP contribution is 2.29. The van der Waals surface area contributed by atoms with Gasteiger partial charge in [0.05, 0.1) is 24.9 Å². The van der Waals surface area contributed by atoms with E-state index in [4.69, 9.17) is 23.7 Å². The van der Waals surface area contributed by atoms with Crippen molar-refractivity contribution >= 4 is 0 Å². The van der Waals surface area contributed by atoms with Crippen LogP contribution in [-0.2, 0) is 23.7 Å². The molecule has 6 heteroatoms. The second-order valence-corrected chi connectivity index (χ2v) is 6.67. The molecule has 1 aliphatic heterocycles. The van der Waals surface area contributed by atoms with Crippen molar-refractivity contribution in [2.75, 3.05) is 13.2 Å². The molecular weight excluding hydrogens is 300 g/mol. The van der Waals surface area contributed by atoms with E-state index in [0.717, 1.165) is 0 Å². The summed E-state index contributed by atoms with van der Waals surface area (Å²) >= 11 is 0. The maximum Gasteiger partial charge on any atom is 0.184 e. The lowest BCUT2D eigenvalue weighted by Crippen LogP contribution is -2.62. The first-order chi connectivity index (χ1) is 10.8. The van der Waals surface area contributed by atoms with Gasteiger partial charge in [0.25, 0.3) is 0 Å². The summed E-state index contributed by atoms with van der Waals surface area (Å²) in [6.45, 7) is 14.4. The van der Waals surface area contributed by atoms with Gasteiger partial charge in [0.2, 0.25) is 0 Å². The Kier molecular flexibility index (Phi) is 8.97. The topological polar surface area (TPSA) is 66.4 Å². The van der Waals surface area contributed by atoms with Crippen LogP contribution in [0.2, 0.25) is 0 Å². The molecule has 23 heavy (non-hydrogen) atoms. The quantitative estimate of drug-likeness (QED) is 0.697. The molecule has 0 aromatic carbocycles. The molecule has 1 fully saturated rings. The van der Waals surface area contributed by atoms with Crippen molar-refractivity contribution < 1.29 is 28.8 Å². The molecule has 0 aromatic rings. The predicted molar refractivity (Wildman–Crippen MR) is 87.4 cm³/mol. The molecule has 6 nitrogen and oxygen atoms in total. The van der Waals surface area contributed by atoms with Crippen LogP contribution in [0.15, 0.2) is 0 Å². The molecule has 138 valence electrons. The van der Waals surface area contributed by atoms with Crippen molar-refractivity contribution in [2.24, 2.45) is 0 Å². The molecule has 1 rings (SSSR count). The van der Waals surface area contributed by atoms with Crippen LogP contribution in [0.5, 0.6) is 0 Å². The first-order valence-electron chi connectivity index (χ1n) is 8.63. The summed E-state index contributed by atoms with van der Waals surface area (Å²) in [5, 5.41) is 10.3. The van der Waals surface area contributed by atoms with E-state index in [1.165, 1.54) is 0 Å². The fraction of sp³-hybridized carbons (Fsp3) is 1.00. The average Bonchev–Trinajstić information content (AvgIpc) is 2.42. The summed E-state index contributed by atoms with van der Waals surface area (Å²) in [5.41, 5.74) is 0. The van der Waals surface area contributed by atoms with Crippen molar-refractivity contribution in [1.29, 1.82) is 0 Å². The van der Waals surface area contributed by atoms with Crippen LogP contribution in [0.4, 0.5) is 0 Å². The Labute approximate surface area is 140 Å². The second-order valence-electron chi connectivity index (χ2n) is 6.67. The van der Waals surface area contributed by atoms with Crippen molar-refractivity contribution in [1.82, 2.24) is 0 Å². The Morgan fingerprint density at radius 1 is 0.870 bits per heavy atom. The molecule has 1 saturated heterocycles. The summed E-state index contributed by atoms with van der Waals surface area (Å²) in [5.74, 6) is 0. The molecule has 0 saturated carbocycles. The summed E-state index contributed by atoms with van der Waals surface area (Å²) in [4.78, 5) is 0. The Morgan fingerprint density at radius 2 is 1.43 bits per heavy atom. The zero-order chi connectivity index (χ0) is 17.6. The maximum atomic E-state index is 10.3. The number of ether oxygens (including phenoxy) is 5. The molecular formula is C17H34O6. The van der Waals surface area contributed by atoms with Gasteiger partial charge >= 0.3 is 0 Å². The summed E-state index contributed by atoms with van der Waals surface area (Å²) in [6, 6.07) is 0. The molecule has 0 radical (unpaired) electrons. The lowest BCUT2D eigenvalue weighted by molar-refractivity contribution is -0.320. The van der Waals surface area contributed by atoms with Crippen LogP contribution >= 0.6 is 0 Å². The second kappa shape index (κ2) is 9.91. The molecule has 1 heterocycles. The van der Waals surface area contributed by atoms with E-state index in [2.05, 4.69) is 0 Å². The van der Waals surface area contributed by atoms with Gasteiger partial charge < -0.3 is 28.8 Å². The number of hydrogen-bond donors (Lipinski definition) is 1. The number of rotatable bonds is 9. The van der Waals surface area contributed by atoms with Crippen LogP contribution in [-0.4, -0.2) is 67.3 Å². The van der Waals surface area contributed by atoms with Crippen molar-refractivity contribution in [3.8, 4) is 0 Å². The molecule has 1 aliphatic rings. The van der Waals surface area contributed by atoms with Crippen molar-refractivity contribution in [3.05, 3.63) is 0 Å². The minimum Gasteiger partial charge on any atom is -0.376 e. The van der Waals surface area contributed by atoms with E-state index in [1.54, 1.807) is 0 Å². The highest BCUT2D eigenvalue weighted by molar-refractivity contribution is 4.93. The lowest BCUT2D eigenvalue weighted by Gasteiger charge is -2.45. The van der Waals surface area contributed by atoms with Crippen LogP contribution in [0.1, 0.15) is 48.5 Å². The number of aliphatic hydroxyl groups excluding tert-OH is 1. The Hall–Kier alpha value is -0.240. The number of aliphatic hydroxyl groups is 1. The van der Waals surface area contributed by atoms with Crippen LogP contribution < -0.4 is 0 Å². The highest BCUT2D eigenvalue weighted by Gasteiger charge is 2.48. The Morgan fingerprint density at radius 3 is 1.91 bits per heavy atom. The average molecular weight is 334 g/mol. The molecule has 0 aliphatic carbocycles. The summed E-state index contributed by atoms with van der Waals surface area (Å²) in [6.07, 6.45) is -2.77. The minimum atomic E-state index is -1.06. The van der Waals surface area contributed by atoms with E-state index < -0.39 is 24.6 Å². The first kappa shape index (κ1) is 20.8. The third kappa shape index (κ3) is 6.64. The largest absolute Gasteiger partial charge is 0.376 e. The Bertz CT molecular complexity index is 320. The van der Waals surface area contributed by atoms with Gasteiger partial charge in [-0.05, 0) is 48.5 Å². The fourth-order valence-corrected chi connectivity index (χ4v) is 2.63. The van der Waals surface area contributed by atoms with E-state index >= 15 is 0 Å². The lowest BCUT2D eigenvalue weighted by atomic mass is 9.98. The third-order valence-corrected chi connectivity index (χ3v) is 3.42. The molecule has 0 amide bonds. The minimum absolute atomic E-state index is 0.000863. The normalized spacial score (nSPS) is 32.2. The van der Waals surface area contributed by atoms with E-state index in [1.807, 2.05) is 48.5 Å². The van der Waals surface area contributed by atoms with Crippen LogP contribution in [0.25, 0.3) is 0 Å². The molecule has 0 bridgehead atoms.